The van der Waals surface area contributed by atoms with Crippen molar-refractivity contribution in [1.29, 1.82) is 0 Å². The third-order valence-corrected chi connectivity index (χ3v) is 2.64. The molecule has 1 unspecified atom stereocenters. The van der Waals surface area contributed by atoms with Crippen LogP contribution in [0.4, 0.5) is 0 Å². The number of aliphatic hydroxyl groups is 1. The second kappa shape index (κ2) is 4.31. The smallest absolute Gasteiger partial charge is 0.0994 e. The van der Waals surface area contributed by atoms with E-state index in [1.165, 1.54) is 0 Å². The molecule has 0 bridgehead atoms. The first kappa shape index (κ1) is 11.8. The molecule has 1 aromatic heterocycles. The first-order valence-corrected chi connectivity index (χ1v) is 5.55. The van der Waals surface area contributed by atoms with Gasteiger partial charge in [0.15, 0.2) is 0 Å². The van der Waals surface area contributed by atoms with Gasteiger partial charge in [-0.25, -0.2) is 4.68 Å². The van der Waals surface area contributed by atoms with E-state index in [-0.39, 0.29) is 0 Å². The fourth-order valence-corrected chi connectivity index (χ4v) is 1.63. The Morgan fingerprint density at radius 1 is 1.29 bits per heavy atom. The molecule has 0 amide bonds. The SMILES string of the molecule is CC(C)(N)C(O)c1cnn(-c2ccccc2)c1. The summed E-state index contributed by atoms with van der Waals surface area (Å²) in [5, 5.41) is 14.3. The number of rotatable bonds is 3. The number of hydrogen-bond acceptors (Lipinski definition) is 3. The molecule has 2 aromatic rings. The third-order valence-electron chi connectivity index (χ3n) is 2.64. The summed E-state index contributed by atoms with van der Waals surface area (Å²) in [5.41, 5.74) is 6.88. The van der Waals surface area contributed by atoms with E-state index in [9.17, 15) is 5.11 Å². The lowest BCUT2D eigenvalue weighted by molar-refractivity contribution is 0.104. The maximum Gasteiger partial charge on any atom is 0.0994 e. The molecular formula is C13H17N3O. The molecular weight excluding hydrogens is 214 g/mol. The molecule has 0 fully saturated rings. The molecule has 0 saturated heterocycles. The van der Waals surface area contributed by atoms with E-state index in [2.05, 4.69) is 5.10 Å². The van der Waals surface area contributed by atoms with Gasteiger partial charge in [-0.05, 0) is 26.0 Å². The Hall–Kier alpha value is -1.65. The monoisotopic (exact) mass is 231 g/mol. The number of aromatic nitrogens is 2. The second-order valence-electron chi connectivity index (χ2n) is 4.78. The van der Waals surface area contributed by atoms with Crippen LogP contribution in [0.1, 0.15) is 25.5 Å². The van der Waals surface area contributed by atoms with Crippen LogP contribution >= 0.6 is 0 Å². The van der Waals surface area contributed by atoms with Gasteiger partial charge < -0.3 is 10.8 Å². The van der Waals surface area contributed by atoms with Crippen molar-refractivity contribution in [3.63, 3.8) is 0 Å². The predicted octanol–water partition coefficient (Wildman–Crippen LogP) is 1.64. The summed E-state index contributed by atoms with van der Waals surface area (Å²) in [4.78, 5) is 0. The Labute approximate surface area is 101 Å². The quantitative estimate of drug-likeness (QED) is 0.844. The Bertz CT molecular complexity index is 485. The molecule has 90 valence electrons. The lowest BCUT2D eigenvalue weighted by atomic mass is 9.95. The molecule has 0 saturated carbocycles. The highest BCUT2D eigenvalue weighted by Gasteiger charge is 2.25. The van der Waals surface area contributed by atoms with Crippen molar-refractivity contribution < 1.29 is 5.11 Å². The van der Waals surface area contributed by atoms with Crippen LogP contribution in [0.25, 0.3) is 5.69 Å². The zero-order chi connectivity index (χ0) is 12.5. The van der Waals surface area contributed by atoms with Crippen molar-refractivity contribution in [2.45, 2.75) is 25.5 Å². The largest absolute Gasteiger partial charge is 0.386 e. The highest BCUT2D eigenvalue weighted by molar-refractivity contribution is 5.31. The number of para-hydroxylation sites is 1. The number of hydrogen-bond donors (Lipinski definition) is 2. The van der Waals surface area contributed by atoms with Crippen LogP contribution in [-0.2, 0) is 0 Å². The fourth-order valence-electron chi connectivity index (χ4n) is 1.63. The molecule has 4 nitrogen and oxygen atoms in total. The fraction of sp³-hybridized carbons (Fsp3) is 0.308. The molecule has 0 aliphatic rings. The highest BCUT2D eigenvalue weighted by Crippen LogP contribution is 2.23. The average molecular weight is 231 g/mol. The first-order chi connectivity index (χ1) is 7.98. The summed E-state index contributed by atoms with van der Waals surface area (Å²) in [6.45, 7) is 3.58. The Morgan fingerprint density at radius 3 is 2.53 bits per heavy atom. The summed E-state index contributed by atoms with van der Waals surface area (Å²) in [5.74, 6) is 0. The van der Waals surface area contributed by atoms with E-state index in [1.807, 2.05) is 30.3 Å². The molecule has 4 heteroatoms. The van der Waals surface area contributed by atoms with Gasteiger partial charge in [0.05, 0.1) is 18.0 Å². The number of nitrogens with zero attached hydrogens (tertiary/aromatic N) is 2. The summed E-state index contributed by atoms with van der Waals surface area (Å²) in [7, 11) is 0. The Balaban J connectivity index is 2.28. The number of aliphatic hydroxyl groups excluding tert-OH is 1. The number of benzene rings is 1. The van der Waals surface area contributed by atoms with E-state index in [0.29, 0.717) is 0 Å². The third kappa shape index (κ3) is 2.54. The van der Waals surface area contributed by atoms with Crippen LogP contribution in [0.3, 0.4) is 0 Å². The topological polar surface area (TPSA) is 64.1 Å². The number of nitrogens with two attached hydrogens (primary N) is 1. The van der Waals surface area contributed by atoms with E-state index in [0.717, 1.165) is 11.3 Å². The molecule has 1 aromatic carbocycles. The van der Waals surface area contributed by atoms with Crippen molar-refractivity contribution in [3.8, 4) is 5.69 Å². The van der Waals surface area contributed by atoms with Gasteiger partial charge in [0.2, 0.25) is 0 Å². The van der Waals surface area contributed by atoms with Crippen molar-refractivity contribution in [3.05, 3.63) is 48.3 Å². The minimum absolute atomic E-state index is 0.676. The zero-order valence-electron chi connectivity index (χ0n) is 10.0. The van der Waals surface area contributed by atoms with Crippen molar-refractivity contribution in [1.82, 2.24) is 9.78 Å². The Kier molecular flexibility index (Phi) is 3.00. The van der Waals surface area contributed by atoms with Crippen molar-refractivity contribution >= 4 is 0 Å². The van der Waals surface area contributed by atoms with E-state index < -0.39 is 11.6 Å². The minimum Gasteiger partial charge on any atom is -0.386 e. The average Bonchev–Trinajstić information content (AvgIpc) is 2.77. The van der Waals surface area contributed by atoms with E-state index in [1.54, 1.807) is 30.9 Å². The van der Waals surface area contributed by atoms with Crippen LogP contribution in [0, 0.1) is 0 Å². The van der Waals surface area contributed by atoms with Gasteiger partial charge in [-0.3, -0.25) is 0 Å². The minimum atomic E-state index is -0.722. The van der Waals surface area contributed by atoms with Crippen LogP contribution in [-0.4, -0.2) is 20.4 Å². The normalized spacial score (nSPS) is 13.6. The molecule has 1 heterocycles. The molecule has 0 aliphatic carbocycles. The van der Waals surface area contributed by atoms with Gasteiger partial charge in [-0.2, -0.15) is 5.10 Å². The van der Waals surface area contributed by atoms with Gasteiger partial charge in [-0.1, -0.05) is 18.2 Å². The van der Waals surface area contributed by atoms with Gasteiger partial charge in [0.25, 0.3) is 0 Å². The standard InChI is InChI=1S/C13H17N3O/c1-13(2,14)12(17)10-8-15-16(9-10)11-6-4-3-5-7-11/h3-9,12,17H,14H2,1-2H3. The molecule has 17 heavy (non-hydrogen) atoms. The van der Waals surface area contributed by atoms with Crippen LogP contribution in [0.15, 0.2) is 42.7 Å². The summed E-state index contributed by atoms with van der Waals surface area (Å²) in [6.07, 6.45) is 2.72. The van der Waals surface area contributed by atoms with E-state index >= 15 is 0 Å². The van der Waals surface area contributed by atoms with Crippen LogP contribution in [0.2, 0.25) is 0 Å². The second-order valence-corrected chi connectivity index (χ2v) is 4.78. The lowest BCUT2D eigenvalue weighted by Crippen LogP contribution is -2.39. The van der Waals surface area contributed by atoms with Gasteiger partial charge in [-0.15, -0.1) is 0 Å². The molecule has 0 spiro atoms. The lowest BCUT2D eigenvalue weighted by Gasteiger charge is -2.24. The summed E-state index contributed by atoms with van der Waals surface area (Å²) >= 11 is 0. The molecule has 0 radical (unpaired) electrons. The predicted molar refractivity (Wildman–Crippen MR) is 66.8 cm³/mol. The Morgan fingerprint density at radius 2 is 1.94 bits per heavy atom. The van der Waals surface area contributed by atoms with Crippen LogP contribution in [0.5, 0.6) is 0 Å². The van der Waals surface area contributed by atoms with Crippen LogP contribution < -0.4 is 5.73 Å². The maximum atomic E-state index is 10.0. The van der Waals surface area contributed by atoms with E-state index in [4.69, 9.17) is 5.73 Å². The first-order valence-electron chi connectivity index (χ1n) is 5.55. The molecule has 0 aliphatic heterocycles. The summed E-state index contributed by atoms with van der Waals surface area (Å²) < 4.78 is 1.73. The van der Waals surface area contributed by atoms with Crippen molar-refractivity contribution in [2.24, 2.45) is 5.73 Å². The maximum absolute atomic E-state index is 10.0. The zero-order valence-corrected chi connectivity index (χ0v) is 10.0. The van der Waals surface area contributed by atoms with Gasteiger partial charge >= 0.3 is 0 Å². The van der Waals surface area contributed by atoms with Gasteiger partial charge in [0, 0.05) is 17.3 Å². The van der Waals surface area contributed by atoms with Crippen molar-refractivity contribution in [2.75, 3.05) is 0 Å². The summed E-state index contributed by atoms with van der Waals surface area (Å²) in [6, 6.07) is 9.75. The highest BCUT2D eigenvalue weighted by atomic mass is 16.3. The van der Waals surface area contributed by atoms with Gasteiger partial charge in [0.1, 0.15) is 0 Å². The molecule has 2 rings (SSSR count). The molecule has 3 N–H and O–H groups in total. The molecule has 1 atom stereocenters.